The first-order chi connectivity index (χ1) is 16.3. The number of nitrogen functional groups attached to an aromatic ring is 1. The van der Waals surface area contributed by atoms with Gasteiger partial charge in [0.05, 0.1) is 11.0 Å². The second-order valence-corrected chi connectivity index (χ2v) is 8.43. The lowest BCUT2D eigenvalue weighted by atomic mass is 9.98. The standard InChI is InChI=1S/C30H20N2O/c31-26-18-28-25(20-11-4-6-15-27(20)32(28)19-9-2-1-3-10-19)17-24(26)23-14-8-13-22-21-12-5-7-16-29(21)33-30(22)23/h1-18H,31H2. The summed E-state index contributed by atoms with van der Waals surface area (Å²) in [6, 6.07) is 37.7. The van der Waals surface area contributed by atoms with Gasteiger partial charge in [-0.25, -0.2) is 0 Å². The highest BCUT2D eigenvalue weighted by molar-refractivity contribution is 6.15. The molecule has 2 heterocycles. The van der Waals surface area contributed by atoms with Crippen molar-refractivity contribution in [2.75, 3.05) is 5.73 Å². The predicted octanol–water partition coefficient (Wildman–Crippen LogP) is 7.93. The van der Waals surface area contributed by atoms with Gasteiger partial charge in [0.1, 0.15) is 11.2 Å². The van der Waals surface area contributed by atoms with E-state index in [1.54, 1.807) is 0 Å². The Bertz CT molecular complexity index is 1820. The van der Waals surface area contributed by atoms with Crippen LogP contribution in [0.25, 0.3) is 60.6 Å². The third-order valence-electron chi connectivity index (χ3n) is 6.55. The molecule has 0 aliphatic carbocycles. The van der Waals surface area contributed by atoms with Crippen LogP contribution in [0.1, 0.15) is 0 Å². The Labute approximate surface area is 190 Å². The van der Waals surface area contributed by atoms with Gasteiger partial charge in [0.15, 0.2) is 0 Å². The lowest BCUT2D eigenvalue weighted by Crippen LogP contribution is -1.95. The zero-order valence-corrected chi connectivity index (χ0v) is 17.8. The minimum absolute atomic E-state index is 0.732. The number of nitrogens with zero attached hydrogens (tertiary/aromatic N) is 1. The second kappa shape index (κ2) is 6.75. The quantitative estimate of drug-likeness (QED) is 0.286. The molecule has 33 heavy (non-hydrogen) atoms. The predicted molar refractivity (Wildman–Crippen MR) is 138 cm³/mol. The molecule has 0 unspecified atom stereocenters. The number of furan rings is 1. The van der Waals surface area contributed by atoms with Crippen molar-refractivity contribution in [3.8, 4) is 16.8 Å². The van der Waals surface area contributed by atoms with E-state index >= 15 is 0 Å². The second-order valence-electron chi connectivity index (χ2n) is 8.43. The number of anilines is 1. The molecule has 0 radical (unpaired) electrons. The van der Waals surface area contributed by atoms with E-state index < -0.39 is 0 Å². The van der Waals surface area contributed by atoms with Crippen molar-refractivity contribution in [1.29, 1.82) is 0 Å². The van der Waals surface area contributed by atoms with Gasteiger partial charge in [0.25, 0.3) is 0 Å². The van der Waals surface area contributed by atoms with Gasteiger partial charge in [0, 0.05) is 44.0 Å². The Kier molecular flexibility index (Phi) is 3.70. The van der Waals surface area contributed by atoms with Crippen LogP contribution in [0.3, 0.4) is 0 Å². The molecule has 2 aromatic heterocycles. The average Bonchev–Trinajstić information content (AvgIpc) is 3.39. The first-order valence-corrected chi connectivity index (χ1v) is 11.1. The van der Waals surface area contributed by atoms with Crippen LogP contribution in [-0.2, 0) is 0 Å². The Balaban J connectivity index is 1.57. The van der Waals surface area contributed by atoms with Gasteiger partial charge in [-0.1, -0.05) is 72.8 Å². The minimum Gasteiger partial charge on any atom is -0.455 e. The molecule has 0 spiro atoms. The van der Waals surface area contributed by atoms with E-state index in [9.17, 15) is 0 Å². The number of aromatic nitrogens is 1. The minimum atomic E-state index is 0.732. The summed E-state index contributed by atoms with van der Waals surface area (Å²) < 4.78 is 8.59. The van der Waals surface area contributed by atoms with Gasteiger partial charge in [-0.05, 0) is 36.4 Å². The maximum atomic E-state index is 6.72. The van der Waals surface area contributed by atoms with Gasteiger partial charge in [-0.2, -0.15) is 0 Å². The van der Waals surface area contributed by atoms with Crippen LogP contribution in [0.5, 0.6) is 0 Å². The molecule has 7 aromatic rings. The van der Waals surface area contributed by atoms with Gasteiger partial charge < -0.3 is 14.7 Å². The Morgan fingerprint density at radius 1 is 0.545 bits per heavy atom. The summed E-state index contributed by atoms with van der Waals surface area (Å²) in [5, 5.41) is 4.60. The summed E-state index contributed by atoms with van der Waals surface area (Å²) in [5.74, 6) is 0. The van der Waals surface area contributed by atoms with Gasteiger partial charge in [-0.15, -0.1) is 0 Å². The van der Waals surface area contributed by atoms with Crippen LogP contribution in [0.2, 0.25) is 0 Å². The number of benzene rings is 5. The maximum Gasteiger partial charge on any atom is 0.143 e. The number of para-hydroxylation sites is 4. The summed E-state index contributed by atoms with van der Waals surface area (Å²) in [7, 11) is 0. The molecule has 156 valence electrons. The first kappa shape index (κ1) is 18.1. The van der Waals surface area contributed by atoms with Crippen molar-refractivity contribution in [2.24, 2.45) is 0 Å². The Morgan fingerprint density at radius 2 is 1.27 bits per heavy atom. The molecule has 0 atom stereocenters. The van der Waals surface area contributed by atoms with E-state index in [2.05, 4.69) is 89.5 Å². The van der Waals surface area contributed by atoms with E-state index in [1.165, 1.54) is 10.8 Å². The van der Waals surface area contributed by atoms with E-state index in [0.29, 0.717) is 0 Å². The molecular formula is C30H20N2O. The number of hydrogen-bond acceptors (Lipinski definition) is 2. The molecule has 7 rings (SSSR count). The molecule has 0 saturated carbocycles. The number of rotatable bonds is 2. The van der Waals surface area contributed by atoms with Gasteiger partial charge in [0.2, 0.25) is 0 Å². The Hall–Kier alpha value is -4.50. The zero-order valence-electron chi connectivity index (χ0n) is 17.8. The van der Waals surface area contributed by atoms with E-state index in [1.807, 2.05) is 24.3 Å². The van der Waals surface area contributed by atoms with Crippen LogP contribution >= 0.6 is 0 Å². The topological polar surface area (TPSA) is 44.1 Å². The fourth-order valence-corrected chi connectivity index (χ4v) is 5.08. The summed E-state index contributed by atoms with van der Waals surface area (Å²) in [6.07, 6.45) is 0. The van der Waals surface area contributed by atoms with Gasteiger partial charge >= 0.3 is 0 Å². The smallest absolute Gasteiger partial charge is 0.143 e. The molecule has 0 amide bonds. The monoisotopic (exact) mass is 424 g/mol. The molecule has 5 aromatic carbocycles. The average molecular weight is 425 g/mol. The third kappa shape index (κ3) is 2.56. The molecule has 0 fully saturated rings. The SMILES string of the molecule is Nc1cc2c(cc1-c1cccc3c1oc1ccccc13)c1ccccc1n2-c1ccccc1. The lowest BCUT2D eigenvalue weighted by molar-refractivity contribution is 0.670. The normalized spacial score (nSPS) is 11.8. The molecular weight excluding hydrogens is 404 g/mol. The van der Waals surface area contributed by atoms with Crippen LogP contribution in [0.4, 0.5) is 5.69 Å². The summed E-state index contributed by atoms with van der Waals surface area (Å²) >= 11 is 0. The van der Waals surface area contributed by atoms with Crippen molar-refractivity contribution >= 4 is 49.4 Å². The summed E-state index contributed by atoms with van der Waals surface area (Å²) in [5.41, 5.74) is 14.6. The first-order valence-electron chi connectivity index (χ1n) is 11.1. The van der Waals surface area contributed by atoms with Crippen LogP contribution in [0, 0.1) is 0 Å². The van der Waals surface area contributed by atoms with Crippen molar-refractivity contribution < 1.29 is 4.42 Å². The Morgan fingerprint density at radius 3 is 2.15 bits per heavy atom. The summed E-state index contributed by atoms with van der Waals surface area (Å²) in [4.78, 5) is 0. The van der Waals surface area contributed by atoms with Crippen LogP contribution in [-0.4, -0.2) is 4.57 Å². The van der Waals surface area contributed by atoms with Crippen LogP contribution in [0.15, 0.2) is 114 Å². The highest BCUT2D eigenvalue weighted by Gasteiger charge is 2.18. The van der Waals surface area contributed by atoms with Crippen molar-refractivity contribution in [3.05, 3.63) is 109 Å². The van der Waals surface area contributed by atoms with E-state index in [0.717, 1.165) is 55.5 Å². The largest absolute Gasteiger partial charge is 0.455 e. The highest BCUT2D eigenvalue weighted by Crippen LogP contribution is 2.41. The molecule has 0 aliphatic rings. The lowest BCUT2D eigenvalue weighted by Gasteiger charge is -2.10. The highest BCUT2D eigenvalue weighted by atomic mass is 16.3. The molecule has 0 aliphatic heterocycles. The number of hydrogen-bond donors (Lipinski definition) is 1. The van der Waals surface area contributed by atoms with Crippen molar-refractivity contribution in [3.63, 3.8) is 0 Å². The fourth-order valence-electron chi connectivity index (χ4n) is 5.08. The number of nitrogens with two attached hydrogens (primary N) is 1. The molecule has 3 heteroatoms. The van der Waals surface area contributed by atoms with E-state index in [-0.39, 0.29) is 0 Å². The molecule has 2 N–H and O–H groups in total. The maximum absolute atomic E-state index is 6.72. The van der Waals surface area contributed by atoms with Crippen molar-refractivity contribution in [1.82, 2.24) is 4.57 Å². The van der Waals surface area contributed by atoms with Crippen molar-refractivity contribution in [2.45, 2.75) is 0 Å². The molecule has 0 bridgehead atoms. The van der Waals surface area contributed by atoms with Gasteiger partial charge in [-0.3, -0.25) is 0 Å². The summed E-state index contributed by atoms with van der Waals surface area (Å²) in [6.45, 7) is 0. The number of fused-ring (bicyclic) bond motifs is 6. The zero-order chi connectivity index (χ0) is 21.9. The van der Waals surface area contributed by atoms with E-state index in [4.69, 9.17) is 10.2 Å². The molecule has 0 saturated heterocycles. The fraction of sp³-hybridized carbons (Fsp3) is 0. The molecule has 3 nitrogen and oxygen atoms in total. The third-order valence-corrected chi connectivity index (χ3v) is 6.55. The van der Waals surface area contributed by atoms with Crippen LogP contribution < -0.4 is 5.73 Å².